The molecule has 2 N–H and O–H groups in total. The van der Waals surface area contributed by atoms with Gasteiger partial charge in [0.15, 0.2) is 0 Å². The zero-order valence-electron chi connectivity index (χ0n) is 13.2. The molecule has 2 rings (SSSR count). The summed E-state index contributed by atoms with van der Waals surface area (Å²) in [5, 5.41) is 11.6. The maximum atomic E-state index is 11.9. The van der Waals surface area contributed by atoms with Crippen LogP contribution in [0.3, 0.4) is 0 Å². The van der Waals surface area contributed by atoms with E-state index in [0.29, 0.717) is 6.54 Å². The molecule has 0 atom stereocenters. The van der Waals surface area contributed by atoms with Gasteiger partial charge in [0.25, 0.3) is 0 Å². The molecule has 0 fully saturated rings. The van der Waals surface area contributed by atoms with Crippen LogP contribution in [0.1, 0.15) is 32.6 Å². The van der Waals surface area contributed by atoms with Gasteiger partial charge < -0.3 is 10.4 Å². The van der Waals surface area contributed by atoms with Crippen molar-refractivity contribution < 1.29 is 14.7 Å². The second kappa shape index (κ2) is 7.40. The minimum Gasteiger partial charge on any atom is -0.478 e. The van der Waals surface area contributed by atoms with Gasteiger partial charge in [-0.05, 0) is 54.3 Å². The molecule has 0 saturated carbocycles. The average molecular weight is 309 g/mol. The van der Waals surface area contributed by atoms with Crippen molar-refractivity contribution in [2.75, 3.05) is 0 Å². The molecule has 0 aromatic heterocycles. The van der Waals surface area contributed by atoms with Crippen molar-refractivity contribution in [2.24, 2.45) is 0 Å². The van der Waals surface area contributed by atoms with E-state index < -0.39 is 5.97 Å². The summed E-state index contributed by atoms with van der Waals surface area (Å²) in [6.07, 6.45) is 3.33. The van der Waals surface area contributed by atoms with E-state index in [1.807, 2.05) is 38.1 Å². The van der Waals surface area contributed by atoms with Gasteiger partial charge >= 0.3 is 5.97 Å². The topological polar surface area (TPSA) is 66.4 Å². The fourth-order valence-electron chi connectivity index (χ4n) is 2.26. The maximum Gasteiger partial charge on any atom is 0.335 e. The fourth-order valence-corrected chi connectivity index (χ4v) is 2.26. The Morgan fingerprint density at radius 3 is 2.22 bits per heavy atom. The second-order valence-electron chi connectivity index (χ2n) is 5.36. The van der Waals surface area contributed by atoms with E-state index in [1.54, 1.807) is 12.1 Å². The lowest BCUT2D eigenvalue weighted by molar-refractivity contribution is -0.116. The first-order valence-corrected chi connectivity index (χ1v) is 7.32. The highest BCUT2D eigenvalue weighted by Gasteiger charge is 2.03. The van der Waals surface area contributed by atoms with E-state index in [1.165, 1.54) is 18.2 Å². The number of carbonyl (C=O) groups excluding carboxylic acids is 1. The molecule has 0 aliphatic heterocycles. The molecule has 4 heteroatoms. The summed E-state index contributed by atoms with van der Waals surface area (Å²) in [5.41, 5.74) is 4.38. The second-order valence-corrected chi connectivity index (χ2v) is 5.36. The van der Waals surface area contributed by atoms with Crippen molar-refractivity contribution in [3.05, 3.63) is 76.4 Å². The Labute approximate surface area is 135 Å². The summed E-state index contributed by atoms with van der Waals surface area (Å²) < 4.78 is 0. The number of aromatic carboxylic acids is 1. The first-order chi connectivity index (χ1) is 11.0. The van der Waals surface area contributed by atoms with E-state index in [2.05, 4.69) is 5.32 Å². The molecule has 0 aliphatic rings. The Balaban J connectivity index is 1.95. The van der Waals surface area contributed by atoms with Gasteiger partial charge in [0.2, 0.25) is 5.91 Å². The fraction of sp³-hybridized carbons (Fsp3) is 0.158. The number of aryl methyl sites for hydroxylation is 2. The molecule has 2 aromatic carbocycles. The number of carboxylic acid groups (broad SMARTS) is 1. The summed E-state index contributed by atoms with van der Waals surface area (Å²) in [4.78, 5) is 22.7. The molecule has 118 valence electrons. The predicted molar refractivity (Wildman–Crippen MR) is 90.2 cm³/mol. The van der Waals surface area contributed by atoms with E-state index in [-0.39, 0.29) is 11.5 Å². The van der Waals surface area contributed by atoms with Crippen LogP contribution in [0.2, 0.25) is 0 Å². The average Bonchev–Trinajstić information content (AvgIpc) is 2.53. The number of benzene rings is 2. The zero-order chi connectivity index (χ0) is 16.8. The highest BCUT2D eigenvalue weighted by atomic mass is 16.4. The van der Waals surface area contributed by atoms with Crippen molar-refractivity contribution in [2.45, 2.75) is 20.4 Å². The lowest BCUT2D eigenvalue weighted by Gasteiger charge is -2.05. The van der Waals surface area contributed by atoms with Gasteiger partial charge in [-0.15, -0.1) is 0 Å². The first-order valence-electron chi connectivity index (χ1n) is 7.32. The molecule has 0 radical (unpaired) electrons. The Morgan fingerprint density at radius 1 is 1.04 bits per heavy atom. The zero-order valence-corrected chi connectivity index (χ0v) is 13.2. The third-order valence-electron chi connectivity index (χ3n) is 3.61. The number of hydrogen-bond acceptors (Lipinski definition) is 2. The van der Waals surface area contributed by atoms with Crippen LogP contribution >= 0.6 is 0 Å². The third-order valence-corrected chi connectivity index (χ3v) is 3.61. The van der Waals surface area contributed by atoms with Crippen molar-refractivity contribution in [3.63, 3.8) is 0 Å². The van der Waals surface area contributed by atoms with Crippen LogP contribution < -0.4 is 5.32 Å². The SMILES string of the molecule is Cc1cccc(C)c1/C=C/C(=O)NCc1ccc(C(=O)O)cc1. The summed E-state index contributed by atoms with van der Waals surface area (Å²) in [6.45, 7) is 4.37. The van der Waals surface area contributed by atoms with Gasteiger partial charge in [0, 0.05) is 12.6 Å². The number of nitrogens with one attached hydrogen (secondary N) is 1. The third kappa shape index (κ3) is 4.54. The van der Waals surface area contributed by atoms with Gasteiger partial charge in [0.05, 0.1) is 5.56 Å². The van der Waals surface area contributed by atoms with E-state index >= 15 is 0 Å². The Morgan fingerprint density at radius 2 is 1.65 bits per heavy atom. The minimum atomic E-state index is -0.961. The molecular formula is C19H19NO3. The molecule has 0 unspecified atom stereocenters. The largest absolute Gasteiger partial charge is 0.478 e. The summed E-state index contributed by atoms with van der Waals surface area (Å²) >= 11 is 0. The van der Waals surface area contributed by atoms with Gasteiger partial charge in [0.1, 0.15) is 0 Å². The van der Waals surface area contributed by atoms with E-state index in [9.17, 15) is 9.59 Å². The summed E-state index contributed by atoms with van der Waals surface area (Å²) in [6, 6.07) is 12.4. The Bertz CT molecular complexity index is 725. The molecule has 1 amide bonds. The van der Waals surface area contributed by atoms with Gasteiger partial charge in [-0.2, -0.15) is 0 Å². The van der Waals surface area contributed by atoms with Crippen molar-refractivity contribution in [1.29, 1.82) is 0 Å². The van der Waals surface area contributed by atoms with Crippen molar-refractivity contribution in [3.8, 4) is 0 Å². The Kier molecular flexibility index (Phi) is 5.31. The highest BCUT2D eigenvalue weighted by molar-refractivity contribution is 5.92. The molecule has 2 aromatic rings. The molecule has 0 spiro atoms. The van der Waals surface area contributed by atoms with Crippen LogP contribution in [0.4, 0.5) is 0 Å². The van der Waals surface area contributed by atoms with Crippen LogP contribution in [-0.4, -0.2) is 17.0 Å². The first kappa shape index (κ1) is 16.5. The Hall–Kier alpha value is -2.88. The van der Waals surface area contributed by atoms with E-state index in [4.69, 9.17) is 5.11 Å². The van der Waals surface area contributed by atoms with E-state index in [0.717, 1.165) is 22.3 Å². The van der Waals surface area contributed by atoms with Crippen molar-refractivity contribution in [1.82, 2.24) is 5.32 Å². The lowest BCUT2D eigenvalue weighted by atomic mass is 10.0. The molecular weight excluding hydrogens is 290 g/mol. The van der Waals surface area contributed by atoms with Gasteiger partial charge in [-0.3, -0.25) is 4.79 Å². The molecule has 0 bridgehead atoms. The number of carbonyl (C=O) groups is 2. The van der Waals surface area contributed by atoms with Gasteiger partial charge in [-0.25, -0.2) is 4.79 Å². The summed E-state index contributed by atoms with van der Waals surface area (Å²) in [7, 11) is 0. The quantitative estimate of drug-likeness (QED) is 0.833. The lowest BCUT2D eigenvalue weighted by Crippen LogP contribution is -2.20. The molecule has 23 heavy (non-hydrogen) atoms. The van der Waals surface area contributed by atoms with Crippen molar-refractivity contribution >= 4 is 18.0 Å². The number of amides is 1. The minimum absolute atomic E-state index is 0.185. The highest BCUT2D eigenvalue weighted by Crippen LogP contribution is 2.14. The standard InChI is InChI=1S/C19H19NO3/c1-13-4-3-5-14(2)17(13)10-11-18(21)20-12-15-6-8-16(9-7-15)19(22)23/h3-11H,12H2,1-2H3,(H,20,21)(H,22,23)/b11-10+. The molecule has 0 saturated heterocycles. The number of carboxylic acids is 1. The van der Waals surface area contributed by atoms with Crippen LogP contribution in [-0.2, 0) is 11.3 Å². The molecule has 0 aliphatic carbocycles. The number of hydrogen-bond donors (Lipinski definition) is 2. The van der Waals surface area contributed by atoms with Crippen LogP contribution in [0.5, 0.6) is 0 Å². The molecule has 4 nitrogen and oxygen atoms in total. The predicted octanol–water partition coefficient (Wildman–Crippen LogP) is 3.33. The summed E-state index contributed by atoms with van der Waals surface area (Å²) in [5.74, 6) is -1.15. The maximum absolute atomic E-state index is 11.9. The number of rotatable bonds is 5. The molecule has 0 heterocycles. The van der Waals surface area contributed by atoms with Crippen LogP contribution in [0.15, 0.2) is 48.5 Å². The van der Waals surface area contributed by atoms with Gasteiger partial charge in [-0.1, -0.05) is 30.3 Å². The van der Waals surface area contributed by atoms with Crippen LogP contribution in [0.25, 0.3) is 6.08 Å². The monoisotopic (exact) mass is 309 g/mol. The normalized spacial score (nSPS) is 10.7. The van der Waals surface area contributed by atoms with Crippen LogP contribution in [0, 0.1) is 13.8 Å². The smallest absolute Gasteiger partial charge is 0.335 e.